The van der Waals surface area contributed by atoms with Crippen molar-refractivity contribution in [3.63, 3.8) is 0 Å². The highest BCUT2D eigenvalue weighted by Crippen LogP contribution is 2.27. The molecule has 0 radical (unpaired) electrons. The number of carbonyl (C=O) groups is 1. The van der Waals surface area contributed by atoms with E-state index in [9.17, 15) is 4.79 Å². The van der Waals surface area contributed by atoms with E-state index in [1.54, 1.807) is 6.08 Å². The molecule has 60 valence electrons. The Morgan fingerprint density at radius 1 is 1.73 bits per heavy atom. The monoisotopic (exact) mass is 171 g/mol. The minimum Gasteiger partial charge on any atom is -0.369 e. The van der Waals surface area contributed by atoms with Crippen LogP contribution in [-0.2, 0) is 4.79 Å². The molecule has 1 aliphatic rings. The van der Waals surface area contributed by atoms with Crippen molar-refractivity contribution in [2.75, 3.05) is 0 Å². The van der Waals surface area contributed by atoms with Crippen LogP contribution >= 0.6 is 11.6 Å². The number of halogens is 1. The molecule has 11 heavy (non-hydrogen) atoms. The second kappa shape index (κ2) is 3.09. The van der Waals surface area contributed by atoms with Gasteiger partial charge < -0.3 is 5.73 Å². The van der Waals surface area contributed by atoms with Gasteiger partial charge >= 0.3 is 0 Å². The van der Waals surface area contributed by atoms with Crippen LogP contribution in [-0.4, -0.2) is 5.91 Å². The van der Waals surface area contributed by atoms with Gasteiger partial charge in [0.05, 0.1) is 5.92 Å². The third-order valence-electron chi connectivity index (χ3n) is 1.80. The van der Waals surface area contributed by atoms with Gasteiger partial charge in [-0.2, -0.15) is 0 Å². The van der Waals surface area contributed by atoms with Crippen molar-refractivity contribution in [1.29, 1.82) is 0 Å². The molecule has 0 saturated heterocycles. The van der Waals surface area contributed by atoms with Crippen LogP contribution in [0.3, 0.4) is 0 Å². The lowest BCUT2D eigenvalue weighted by molar-refractivity contribution is -0.121. The lowest BCUT2D eigenvalue weighted by atomic mass is 9.89. The van der Waals surface area contributed by atoms with Gasteiger partial charge in [0.2, 0.25) is 5.91 Å². The standard InChI is InChI=1S/C8H10ClNO/c1-5-3-2-4-6(9)7(5)8(10)11/h2-5,7H,1H3,(H2,10,11). The van der Waals surface area contributed by atoms with Crippen molar-refractivity contribution in [3.05, 3.63) is 23.3 Å². The highest BCUT2D eigenvalue weighted by Gasteiger charge is 2.25. The molecule has 3 heteroatoms. The Morgan fingerprint density at radius 3 is 2.73 bits per heavy atom. The largest absolute Gasteiger partial charge is 0.369 e. The Morgan fingerprint density at radius 2 is 2.36 bits per heavy atom. The van der Waals surface area contributed by atoms with E-state index in [-0.39, 0.29) is 17.7 Å². The third-order valence-corrected chi connectivity index (χ3v) is 2.16. The fourth-order valence-electron chi connectivity index (χ4n) is 1.18. The summed E-state index contributed by atoms with van der Waals surface area (Å²) in [7, 11) is 0. The van der Waals surface area contributed by atoms with Crippen LogP contribution < -0.4 is 5.73 Å². The van der Waals surface area contributed by atoms with E-state index in [2.05, 4.69) is 0 Å². The highest BCUT2D eigenvalue weighted by molar-refractivity contribution is 6.31. The number of rotatable bonds is 1. The van der Waals surface area contributed by atoms with Crippen molar-refractivity contribution in [2.45, 2.75) is 6.92 Å². The number of amides is 1. The Hall–Kier alpha value is -0.760. The average molecular weight is 172 g/mol. The molecule has 1 amide bonds. The van der Waals surface area contributed by atoms with Crippen LogP contribution in [0.15, 0.2) is 23.3 Å². The van der Waals surface area contributed by atoms with Crippen LogP contribution in [0.4, 0.5) is 0 Å². The molecule has 2 unspecified atom stereocenters. The molecule has 2 nitrogen and oxygen atoms in total. The van der Waals surface area contributed by atoms with Gasteiger partial charge in [0, 0.05) is 5.03 Å². The van der Waals surface area contributed by atoms with Crippen molar-refractivity contribution in [3.8, 4) is 0 Å². The molecule has 2 atom stereocenters. The van der Waals surface area contributed by atoms with Gasteiger partial charge in [-0.15, -0.1) is 0 Å². The molecule has 0 bridgehead atoms. The fourth-order valence-corrected chi connectivity index (χ4v) is 1.56. The first-order valence-electron chi connectivity index (χ1n) is 3.46. The summed E-state index contributed by atoms with van der Waals surface area (Å²) in [5, 5.41) is 0.535. The first-order valence-corrected chi connectivity index (χ1v) is 3.84. The van der Waals surface area contributed by atoms with E-state index in [1.807, 2.05) is 19.1 Å². The minimum absolute atomic E-state index is 0.116. The Bertz CT molecular complexity index is 232. The quantitative estimate of drug-likeness (QED) is 0.637. The normalized spacial score (nSPS) is 29.8. The van der Waals surface area contributed by atoms with Crippen LogP contribution in [0, 0.1) is 11.8 Å². The molecule has 1 aliphatic carbocycles. The lowest BCUT2D eigenvalue weighted by Crippen LogP contribution is -2.29. The van der Waals surface area contributed by atoms with E-state index in [1.165, 1.54) is 0 Å². The third kappa shape index (κ3) is 1.63. The molecule has 0 aromatic rings. The zero-order valence-electron chi connectivity index (χ0n) is 6.25. The van der Waals surface area contributed by atoms with Gasteiger partial charge in [-0.1, -0.05) is 30.7 Å². The number of hydrogen-bond donors (Lipinski definition) is 1. The van der Waals surface area contributed by atoms with Crippen LogP contribution in [0.2, 0.25) is 0 Å². The molecule has 0 spiro atoms. The smallest absolute Gasteiger partial charge is 0.226 e. The summed E-state index contributed by atoms with van der Waals surface area (Å²) in [6, 6.07) is 0. The van der Waals surface area contributed by atoms with E-state index in [0.29, 0.717) is 5.03 Å². The summed E-state index contributed by atoms with van der Waals surface area (Å²) in [6.07, 6.45) is 5.46. The zero-order valence-corrected chi connectivity index (χ0v) is 7.01. The molecule has 0 fully saturated rings. The van der Waals surface area contributed by atoms with Gasteiger partial charge in [0.15, 0.2) is 0 Å². The molecular formula is C8H10ClNO. The molecular weight excluding hydrogens is 162 g/mol. The molecule has 0 aromatic heterocycles. The van der Waals surface area contributed by atoms with E-state index in [4.69, 9.17) is 17.3 Å². The first kappa shape index (κ1) is 8.34. The Labute approximate surface area is 70.7 Å². The minimum atomic E-state index is -0.358. The fraction of sp³-hybridized carbons (Fsp3) is 0.375. The Balaban J connectivity index is 2.86. The predicted octanol–water partition coefficient (Wildman–Crippen LogP) is 1.42. The summed E-state index contributed by atoms with van der Waals surface area (Å²) >= 11 is 5.78. The zero-order chi connectivity index (χ0) is 8.43. The van der Waals surface area contributed by atoms with Crippen molar-refractivity contribution in [2.24, 2.45) is 17.6 Å². The summed E-state index contributed by atoms with van der Waals surface area (Å²) in [5.74, 6) is -0.574. The van der Waals surface area contributed by atoms with Gasteiger partial charge in [-0.25, -0.2) is 0 Å². The summed E-state index contributed by atoms with van der Waals surface area (Å²) < 4.78 is 0. The average Bonchev–Trinajstić information content (AvgIpc) is 1.85. The van der Waals surface area contributed by atoms with E-state index >= 15 is 0 Å². The molecule has 0 aliphatic heterocycles. The molecule has 0 saturated carbocycles. The number of allylic oxidation sites excluding steroid dienone is 3. The van der Waals surface area contributed by atoms with Crippen molar-refractivity contribution >= 4 is 17.5 Å². The van der Waals surface area contributed by atoms with Crippen LogP contribution in [0.1, 0.15) is 6.92 Å². The predicted molar refractivity (Wildman–Crippen MR) is 44.9 cm³/mol. The topological polar surface area (TPSA) is 43.1 Å². The molecule has 0 aromatic carbocycles. The maximum atomic E-state index is 10.8. The number of nitrogens with two attached hydrogens (primary N) is 1. The maximum absolute atomic E-state index is 10.8. The first-order chi connectivity index (χ1) is 5.13. The Kier molecular flexibility index (Phi) is 2.35. The van der Waals surface area contributed by atoms with E-state index < -0.39 is 0 Å². The lowest BCUT2D eigenvalue weighted by Gasteiger charge is -2.19. The van der Waals surface area contributed by atoms with Gasteiger partial charge in [0.25, 0.3) is 0 Å². The molecule has 1 rings (SSSR count). The SMILES string of the molecule is CC1C=CC=C(Cl)C1C(N)=O. The van der Waals surface area contributed by atoms with Gasteiger partial charge in [-0.05, 0) is 12.0 Å². The summed E-state index contributed by atoms with van der Waals surface area (Å²) in [4.78, 5) is 10.8. The molecule has 2 N–H and O–H groups in total. The maximum Gasteiger partial charge on any atom is 0.226 e. The van der Waals surface area contributed by atoms with Crippen LogP contribution in [0.25, 0.3) is 0 Å². The van der Waals surface area contributed by atoms with E-state index in [0.717, 1.165) is 0 Å². The van der Waals surface area contributed by atoms with Gasteiger partial charge in [0.1, 0.15) is 0 Å². The van der Waals surface area contributed by atoms with Crippen molar-refractivity contribution < 1.29 is 4.79 Å². The summed E-state index contributed by atoms with van der Waals surface area (Å²) in [6.45, 7) is 1.92. The number of carbonyl (C=O) groups excluding carboxylic acids is 1. The number of hydrogen-bond acceptors (Lipinski definition) is 1. The second-order valence-electron chi connectivity index (χ2n) is 2.68. The summed E-state index contributed by atoms with van der Waals surface area (Å²) in [5.41, 5.74) is 5.15. The highest BCUT2D eigenvalue weighted by atomic mass is 35.5. The van der Waals surface area contributed by atoms with Gasteiger partial charge in [-0.3, -0.25) is 4.79 Å². The van der Waals surface area contributed by atoms with Crippen molar-refractivity contribution in [1.82, 2.24) is 0 Å². The van der Waals surface area contributed by atoms with Crippen LogP contribution in [0.5, 0.6) is 0 Å². The second-order valence-corrected chi connectivity index (χ2v) is 3.11. The number of primary amides is 1. The molecule has 0 heterocycles.